The van der Waals surface area contributed by atoms with Crippen molar-refractivity contribution in [3.63, 3.8) is 0 Å². The van der Waals surface area contributed by atoms with E-state index < -0.39 is 5.54 Å². The quantitative estimate of drug-likeness (QED) is 0.708. The van der Waals surface area contributed by atoms with Gasteiger partial charge >= 0.3 is 0 Å². The molecule has 7 nitrogen and oxygen atoms in total. The Morgan fingerprint density at radius 3 is 2.54 bits per heavy atom. The number of carbonyl (C=O) groups is 1. The standard InChI is InChI=1S/C20H28N4O3S/c1-20(2,12-25)22-17(27)13-4-6-14(7-5-13)18-23-24(3)19(28-18)21-15-8-10-16(26)11-9-15/h4-7,15-16,25-26H,8-12H2,1-3H3,(H,22,27)/t15-,16-. The second-order valence-electron chi connectivity index (χ2n) is 7.98. The lowest BCUT2D eigenvalue weighted by molar-refractivity contribution is 0.0869. The van der Waals surface area contributed by atoms with Gasteiger partial charge in [0.25, 0.3) is 5.91 Å². The molecule has 1 aromatic carbocycles. The maximum atomic E-state index is 12.3. The number of aliphatic hydroxyl groups excluding tert-OH is 2. The average molecular weight is 405 g/mol. The minimum absolute atomic E-state index is 0.126. The molecular weight excluding hydrogens is 376 g/mol. The summed E-state index contributed by atoms with van der Waals surface area (Å²) in [4.78, 5) is 18.0. The highest BCUT2D eigenvalue weighted by molar-refractivity contribution is 7.12. The molecule has 3 N–H and O–H groups in total. The lowest BCUT2D eigenvalue weighted by Gasteiger charge is -2.23. The lowest BCUT2D eigenvalue weighted by atomic mass is 9.94. The predicted octanol–water partition coefficient (Wildman–Crippen LogP) is 1.85. The van der Waals surface area contributed by atoms with Gasteiger partial charge < -0.3 is 15.5 Å². The molecule has 0 spiro atoms. The Hall–Kier alpha value is -2.03. The van der Waals surface area contributed by atoms with E-state index in [1.165, 1.54) is 11.3 Å². The SMILES string of the molecule is Cn1nc(-c2ccc(C(=O)NC(C)(C)CO)cc2)sc1=N[C@H]1CC[C@H](O)CC1. The van der Waals surface area contributed by atoms with Crippen LogP contribution < -0.4 is 10.1 Å². The van der Waals surface area contributed by atoms with Gasteiger partial charge in [-0.05, 0) is 51.7 Å². The highest BCUT2D eigenvalue weighted by Gasteiger charge is 2.21. The van der Waals surface area contributed by atoms with Crippen molar-refractivity contribution in [1.82, 2.24) is 15.1 Å². The third-order valence-electron chi connectivity index (χ3n) is 4.91. The molecule has 1 saturated carbocycles. The topological polar surface area (TPSA) is 99.7 Å². The highest BCUT2D eigenvalue weighted by Crippen LogP contribution is 2.22. The number of aryl methyl sites for hydroxylation is 1. The summed E-state index contributed by atoms with van der Waals surface area (Å²) in [5.74, 6) is -0.217. The Labute approximate surface area is 168 Å². The van der Waals surface area contributed by atoms with Crippen LogP contribution in [0.15, 0.2) is 29.3 Å². The Kier molecular flexibility index (Phi) is 6.32. The molecule has 0 saturated heterocycles. The van der Waals surface area contributed by atoms with Gasteiger partial charge in [0.15, 0.2) is 0 Å². The number of hydrogen-bond acceptors (Lipinski definition) is 6. The van der Waals surface area contributed by atoms with Crippen LogP contribution in [0.5, 0.6) is 0 Å². The molecule has 1 amide bonds. The van der Waals surface area contributed by atoms with Gasteiger partial charge in [-0.1, -0.05) is 23.5 Å². The van der Waals surface area contributed by atoms with E-state index in [4.69, 9.17) is 4.99 Å². The van der Waals surface area contributed by atoms with Crippen molar-refractivity contribution < 1.29 is 15.0 Å². The number of aliphatic hydroxyl groups is 2. The summed E-state index contributed by atoms with van der Waals surface area (Å²) < 4.78 is 1.79. The van der Waals surface area contributed by atoms with Crippen molar-refractivity contribution in [3.8, 4) is 10.6 Å². The number of aromatic nitrogens is 2. The molecule has 0 radical (unpaired) electrons. The molecule has 2 aromatic rings. The molecule has 8 heteroatoms. The van der Waals surface area contributed by atoms with Crippen LogP contribution in [0, 0.1) is 0 Å². The summed E-state index contributed by atoms with van der Waals surface area (Å²) >= 11 is 1.52. The summed E-state index contributed by atoms with van der Waals surface area (Å²) in [6, 6.07) is 7.52. The van der Waals surface area contributed by atoms with Crippen LogP contribution in [0.2, 0.25) is 0 Å². The summed E-state index contributed by atoms with van der Waals surface area (Å²) in [6.45, 7) is 3.42. The van der Waals surface area contributed by atoms with Crippen LogP contribution in [0.25, 0.3) is 10.6 Å². The zero-order valence-corrected chi connectivity index (χ0v) is 17.4. The van der Waals surface area contributed by atoms with Crippen molar-refractivity contribution in [2.75, 3.05) is 6.61 Å². The van der Waals surface area contributed by atoms with Gasteiger partial charge in [-0.3, -0.25) is 9.79 Å². The van der Waals surface area contributed by atoms with Crippen molar-refractivity contribution >= 4 is 17.2 Å². The summed E-state index contributed by atoms with van der Waals surface area (Å²) in [6.07, 6.45) is 3.24. The first kappa shape index (κ1) is 20.7. The van der Waals surface area contributed by atoms with Gasteiger partial charge in [0.1, 0.15) is 5.01 Å². The Balaban J connectivity index is 1.75. The number of nitrogens with one attached hydrogen (secondary N) is 1. The third kappa shape index (κ3) is 5.06. The maximum Gasteiger partial charge on any atom is 0.251 e. The molecule has 0 unspecified atom stereocenters. The van der Waals surface area contributed by atoms with E-state index in [1.807, 2.05) is 19.2 Å². The molecule has 1 fully saturated rings. The Bertz CT molecular complexity index is 878. The normalized spacial score (nSPS) is 21.0. The fourth-order valence-electron chi connectivity index (χ4n) is 3.11. The van der Waals surface area contributed by atoms with Gasteiger partial charge in [0.2, 0.25) is 4.80 Å². The molecule has 0 atom stereocenters. The van der Waals surface area contributed by atoms with Gasteiger partial charge in [0.05, 0.1) is 24.3 Å². The van der Waals surface area contributed by atoms with Crippen LogP contribution in [-0.4, -0.2) is 50.2 Å². The fraction of sp³-hybridized carbons (Fsp3) is 0.550. The van der Waals surface area contributed by atoms with E-state index in [-0.39, 0.29) is 24.7 Å². The van der Waals surface area contributed by atoms with E-state index in [0.717, 1.165) is 41.1 Å². The maximum absolute atomic E-state index is 12.3. The van der Waals surface area contributed by atoms with Crippen molar-refractivity contribution in [2.24, 2.45) is 12.0 Å². The van der Waals surface area contributed by atoms with Crippen molar-refractivity contribution in [3.05, 3.63) is 34.6 Å². The first-order chi connectivity index (χ1) is 13.3. The van der Waals surface area contributed by atoms with Gasteiger partial charge in [-0.15, -0.1) is 0 Å². The molecule has 0 bridgehead atoms. The van der Waals surface area contributed by atoms with Gasteiger partial charge in [0, 0.05) is 18.2 Å². The van der Waals surface area contributed by atoms with Crippen LogP contribution in [0.4, 0.5) is 0 Å². The van der Waals surface area contributed by atoms with E-state index >= 15 is 0 Å². The Morgan fingerprint density at radius 2 is 1.93 bits per heavy atom. The van der Waals surface area contributed by atoms with E-state index in [1.54, 1.807) is 30.7 Å². The minimum Gasteiger partial charge on any atom is -0.394 e. The number of carbonyl (C=O) groups excluding carboxylic acids is 1. The minimum atomic E-state index is -0.662. The summed E-state index contributed by atoms with van der Waals surface area (Å²) in [5, 5.41) is 27.2. The summed E-state index contributed by atoms with van der Waals surface area (Å²) in [7, 11) is 1.88. The van der Waals surface area contributed by atoms with Crippen LogP contribution in [0.3, 0.4) is 0 Å². The van der Waals surface area contributed by atoms with Crippen molar-refractivity contribution in [1.29, 1.82) is 0 Å². The highest BCUT2D eigenvalue weighted by atomic mass is 32.1. The molecule has 1 aliphatic carbocycles. The number of amides is 1. The smallest absolute Gasteiger partial charge is 0.251 e. The molecular formula is C20H28N4O3S. The number of rotatable bonds is 5. The average Bonchev–Trinajstić information content (AvgIpc) is 3.04. The number of nitrogens with zero attached hydrogens (tertiary/aromatic N) is 3. The monoisotopic (exact) mass is 404 g/mol. The van der Waals surface area contributed by atoms with Crippen LogP contribution in [-0.2, 0) is 7.05 Å². The number of hydrogen-bond donors (Lipinski definition) is 3. The van der Waals surface area contributed by atoms with Crippen LogP contribution in [0.1, 0.15) is 49.9 Å². The summed E-state index contributed by atoms with van der Waals surface area (Å²) in [5.41, 5.74) is 0.806. The third-order valence-corrected chi connectivity index (χ3v) is 5.97. The van der Waals surface area contributed by atoms with E-state index in [9.17, 15) is 15.0 Å². The molecule has 1 aromatic heterocycles. The second kappa shape index (κ2) is 8.55. The largest absolute Gasteiger partial charge is 0.394 e. The first-order valence-corrected chi connectivity index (χ1v) is 10.4. The van der Waals surface area contributed by atoms with E-state index in [0.29, 0.717) is 5.56 Å². The second-order valence-corrected chi connectivity index (χ2v) is 8.93. The molecule has 28 heavy (non-hydrogen) atoms. The zero-order chi connectivity index (χ0) is 20.3. The fourth-order valence-corrected chi connectivity index (χ4v) is 4.07. The molecule has 3 rings (SSSR count). The molecule has 1 aliphatic rings. The molecule has 152 valence electrons. The predicted molar refractivity (Wildman–Crippen MR) is 109 cm³/mol. The zero-order valence-electron chi connectivity index (χ0n) is 16.6. The van der Waals surface area contributed by atoms with Gasteiger partial charge in [-0.25, -0.2) is 4.68 Å². The first-order valence-electron chi connectivity index (χ1n) is 9.57. The lowest BCUT2D eigenvalue weighted by Crippen LogP contribution is -2.46. The number of benzene rings is 1. The molecule has 1 heterocycles. The van der Waals surface area contributed by atoms with Crippen molar-refractivity contribution in [2.45, 2.75) is 57.2 Å². The Morgan fingerprint density at radius 1 is 1.29 bits per heavy atom. The van der Waals surface area contributed by atoms with Gasteiger partial charge in [-0.2, -0.15) is 5.10 Å². The van der Waals surface area contributed by atoms with Crippen LogP contribution >= 0.6 is 11.3 Å². The molecule has 0 aliphatic heterocycles. The van der Waals surface area contributed by atoms with E-state index in [2.05, 4.69) is 10.4 Å².